The van der Waals surface area contributed by atoms with Crippen LogP contribution in [0.1, 0.15) is 33.6 Å². The van der Waals surface area contributed by atoms with Crippen LogP contribution < -0.4 is 10.6 Å². The van der Waals surface area contributed by atoms with E-state index in [0.29, 0.717) is 6.04 Å². The zero-order valence-corrected chi connectivity index (χ0v) is 13.7. The lowest BCUT2D eigenvalue weighted by molar-refractivity contribution is 0.237. The predicted molar refractivity (Wildman–Crippen MR) is 87.2 cm³/mol. The maximum absolute atomic E-state index is 4.28. The second-order valence-corrected chi connectivity index (χ2v) is 6.65. The molecule has 1 rings (SSSR count). The van der Waals surface area contributed by atoms with Gasteiger partial charge in [-0.15, -0.1) is 0 Å². The van der Waals surface area contributed by atoms with Gasteiger partial charge in [0.15, 0.2) is 5.96 Å². The Bertz CT molecular complexity index is 262. The second-order valence-electron chi connectivity index (χ2n) is 5.24. The lowest BCUT2D eigenvalue weighted by Gasteiger charge is -2.25. The van der Waals surface area contributed by atoms with Gasteiger partial charge < -0.3 is 10.6 Å². The van der Waals surface area contributed by atoms with E-state index >= 15 is 0 Å². The van der Waals surface area contributed by atoms with Gasteiger partial charge in [0, 0.05) is 38.0 Å². The molecular weight excluding hydrogens is 256 g/mol. The summed E-state index contributed by atoms with van der Waals surface area (Å²) in [4.78, 5) is 6.73. The Kier molecular flexibility index (Phi) is 8.30. The number of nitrogens with one attached hydrogen (secondary N) is 2. The molecule has 19 heavy (non-hydrogen) atoms. The molecule has 0 aromatic heterocycles. The Morgan fingerprint density at radius 3 is 2.74 bits per heavy atom. The lowest BCUT2D eigenvalue weighted by atomic mass is 10.2. The summed E-state index contributed by atoms with van der Waals surface area (Å²) in [6.45, 7) is 10.8. The molecule has 1 aliphatic heterocycles. The minimum absolute atomic E-state index is 0.608. The Hall–Kier alpha value is -0.420. The number of guanidine groups is 1. The molecule has 0 aromatic carbocycles. The average molecular weight is 286 g/mol. The van der Waals surface area contributed by atoms with Crippen LogP contribution in [0.3, 0.4) is 0 Å². The SMILES string of the molecule is CCN(CCNC(=NC)NCC1CCCS1)C(C)C. The van der Waals surface area contributed by atoms with Crippen LogP contribution >= 0.6 is 11.8 Å². The van der Waals surface area contributed by atoms with E-state index in [0.717, 1.165) is 37.4 Å². The highest BCUT2D eigenvalue weighted by atomic mass is 32.2. The number of hydrogen-bond acceptors (Lipinski definition) is 3. The van der Waals surface area contributed by atoms with Crippen molar-refractivity contribution in [2.24, 2.45) is 4.99 Å². The zero-order chi connectivity index (χ0) is 14.1. The largest absolute Gasteiger partial charge is 0.355 e. The predicted octanol–water partition coefficient (Wildman–Crippen LogP) is 1.78. The topological polar surface area (TPSA) is 39.7 Å². The monoisotopic (exact) mass is 286 g/mol. The summed E-state index contributed by atoms with van der Waals surface area (Å²) < 4.78 is 0. The third-order valence-corrected chi connectivity index (χ3v) is 4.97. The summed E-state index contributed by atoms with van der Waals surface area (Å²) in [6, 6.07) is 0.608. The first-order chi connectivity index (χ1) is 9.17. The first-order valence-corrected chi connectivity index (χ1v) is 8.52. The van der Waals surface area contributed by atoms with Crippen molar-refractivity contribution >= 4 is 17.7 Å². The molecule has 1 atom stereocenters. The van der Waals surface area contributed by atoms with Crippen molar-refractivity contribution in [1.82, 2.24) is 15.5 Å². The maximum Gasteiger partial charge on any atom is 0.191 e. The van der Waals surface area contributed by atoms with Gasteiger partial charge in [0.2, 0.25) is 0 Å². The quantitative estimate of drug-likeness (QED) is 0.553. The Labute approximate surface area is 122 Å². The number of likely N-dealkylation sites (N-methyl/N-ethyl adjacent to an activating group) is 1. The van der Waals surface area contributed by atoms with Gasteiger partial charge in [-0.25, -0.2) is 0 Å². The van der Waals surface area contributed by atoms with Crippen LogP contribution in [0.5, 0.6) is 0 Å². The van der Waals surface area contributed by atoms with Crippen LogP contribution in [0.15, 0.2) is 4.99 Å². The molecule has 4 nitrogen and oxygen atoms in total. The van der Waals surface area contributed by atoms with Gasteiger partial charge >= 0.3 is 0 Å². The fourth-order valence-electron chi connectivity index (χ4n) is 2.34. The van der Waals surface area contributed by atoms with Crippen LogP contribution in [0.2, 0.25) is 0 Å². The lowest BCUT2D eigenvalue weighted by Crippen LogP contribution is -2.44. The van der Waals surface area contributed by atoms with Gasteiger partial charge in [-0.3, -0.25) is 9.89 Å². The summed E-state index contributed by atoms with van der Waals surface area (Å²) in [7, 11) is 1.84. The Balaban J connectivity index is 2.17. The van der Waals surface area contributed by atoms with Crippen LogP contribution in [0, 0.1) is 0 Å². The molecule has 0 spiro atoms. The number of thioether (sulfide) groups is 1. The van der Waals surface area contributed by atoms with Crippen molar-refractivity contribution in [3.05, 3.63) is 0 Å². The molecular formula is C14H30N4S. The molecule has 0 amide bonds. The molecule has 2 N–H and O–H groups in total. The summed E-state index contributed by atoms with van der Waals surface area (Å²) in [5.41, 5.74) is 0. The number of hydrogen-bond donors (Lipinski definition) is 2. The van der Waals surface area contributed by atoms with Crippen molar-refractivity contribution in [3.63, 3.8) is 0 Å². The Morgan fingerprint density at radius 1 is 1.42 bits per heavy atom. The normalized spacial score (nSPS) is 20.3. The summed E-state index contributed by atoms with van der Waals surface area (Å²) in [5.74, 6) is 2.26. The molecule has 0 aliphatic carbocycles. The van der Waals surface area contributed by atoms with E-state index in [4.69, 9.17) is 0 Å². The van der Waals surface area contributed by atoms with E-state index in [1.165, 1.54) is 18.6 Å². The Morgan fingerprint density at radius 2 is 2.21 bits per heavy atom. The molecule has 0 saturated carbocycles. The first-order valence-electron chi connectivity index (χ1n) is 7.47. The zero-order valence-electron chi connectivity index (χ0n) is 12.9. The van der Waals surface area contributed by atoms with Crippen molar-refractivity contribution in [2.75, 3.05) is 39.0 Å². The van der Waals surface area contributed by atoms with Crippen molar-refractivity contribution < 1.29 is 0 Å². The molecule has 0 radical (unpaired) electrons. The molecule has 112 valence electrons. The smallest absolute Gasteiger partial charge is 0.191 e. The fourth-order valence-corrected chi connectivity index (χ4v) is 3.54. The van der Waals surface area contributed by atoms with Gasteiger partial charge in [-0.05, 0) is 39.0 Å². The van der Waals surface area contributed by atoms with Gasteiger partial charge in [-0.2, -0.15) is 11.8 Å². The first kappa shape index (κ1) is 16.6. The van der Waals surface area contributed by atoms with Crippen molar-refractivity contribution in [2.45, 2.75) is 44.9 Å². The van der Waals surface area contributed by atoms with E-state index in [1.54, 1.807) is 0 Å². The van der Waals surface area contributed by atoms with Crippen LogP contribution in [0.4, 0.5) is 0 Å². The van der Waals surface area contributed by atoms with E-state index in [1.807, 2.05) is 7.05 Å². The molecule has 1 unspecified atom stereocenters. The van der Waals surface area contributed by atoms with Crippen molar-refractivity contribution in [1.29, 1.82) is 0 Å². The number of aliphatic imine (C=N–C) groups is 1. The maximum atomic E-state index is 4.28. The van der Waals surface area contributed by atoms with Gasteiger partial charge in [0.1, 0.15) is 0 Å². The van der Waals surface area contributed by atoms with Crippen LogP contribution in [-0.2, 0) is 0 Å². The highest BCUT2D eigenvalue weighted by molar-refractivity contribution is 8.00. The van der Waals surface area contributed by atoms with Gasteiger partial charge in [0.05, 0.1) is 0 Å². The number of nitrogens with zero attached hydrogens (tertiary/aromatic N) is 2. The third-order valence-electron chi connectivity index (χ3n) is 3.57. The molecule has 1 saturated heterocycles. The van der Waals surface area contributed by atoms with E-state index in [-0.39, 0.29) is 0 Å². The molecule has 1 heterocycles. The van der Waals surface area contributed by atoms with E-state index < -0.39 is 0 Å². The highest BCUT2D eigenvalue weighted by Gasteiger charge is 2.15. The number of rotatable bonds is 7. The molecule has 1 aliphatic rings. The molecule has 0 aromatic rings. The van der Waals surface area contributed by atoms with Gasteiger partial charge in [-0.1, -0.05) is 6.92 Å². The molecule has 0 bridgehead atoms. The summed E-state index contributed by atoms with van der Waals surface area (Å²) >= 11 is 2.08. The summed E-state index contributed by atoms with van der Waals surface area (Å²) in [5, 5.41) is 7.60. The van der Waals surface area contributed by atoms with E-state index in [9.17, 15) is 0 Å². The fraction of sp³-hybridized carbons (Fsp3) is 0.929. The van der Waals surface area contributed by atoms with Crippen molar-refractivity contribution in [3.8, 4) is 0 Å². The summed E-state index contributed by atoms with van der Waals surface area (Å²) in [6.07, 6.45) is 2.70. The van der Waals surface area contributed by atoms with E-state index in [2.05, 4.69) is 53.1 Å². The second kappa shape index (κ2) is 9.48. The highest BCUT2D eigenvalue weighted by Crippen LogP contribution is 2.25. The van der Waals surface area contributed by atoms with Crippen LogP contribution in [-0.4, -0.2) is 61.1 Å². The molecule has 1 fully saturated rings. The standard InChI is InChI=1S/C14H30N4S/c1-5-18(12(2)3)9-8-16-14(15-4)17-11-13-7-6-10-19-13/h12-13H,5-11H2,1-4H3,(H2,15,16,17). The third kappa shape index (κ3) is 6.52. The average Bonchev–Trinajstić information content (AvgIpc) is 2.90. The minimum Gasteiger partial charge on any atom is -0.355 e. The van der Waals surface area contributed by atoms with Gasteiger partial charge in [0.25, 0.3) is 0 Å². The molecule has 5 heteroatoms. The van der Waals surface area contributed by atoms with Crippen LogP contribution in [0.25, 0.3) is 0 Å². The minimum atomic E-state index is 0.608.